The molecule has 4 aromatic rings. The quantitative estimate of drug-likeness (QED) is 0.436. The first-order chi connectivity index (χ1) is 8.86. The normalized spacial score (nSPS) is 11.6. The molecule has 0 N–H and O–H groups in total. The minimum Gasteiger partial charge on any atom is -0.247 e. The third kappa shape index (κ3) is 1.08. The monoisotopic (exact) mass is 233 g/mol. The van der Waals surface area contributed by atoms with E-state index in [1.165, 1.54) is 21.5 Å². The van der Waals surface area contributed by atoms with Crippen LogP contribution in [0.5, 0.6) is 0 Å². The molecule has 0 fully saturated rings. The van der Waals surface area contributed by atoms with Gasteiger partial charge in [0.15, 0.2) is 0 Å². The maximum absolute atomic E-state index is 4.31. The molecule has 0 amide bonds. The van der Waals surface area contributed by atoms with Gasteiger partial charge >= 0.3 is 0 Å². The number of aromatic nitrogens is 3. The lowest BCUT2D eigenvalue weighted by atomic mass is 10.00. The number of hydrogen-bond donors (Lipinski definition) is 0. The van der Waals surface area contributed by atoms with Crippen molar-refractivity contribution in [1.29, 1.82) is 0 Å². The number of aryl methyl sites for hydroxylation is 1. The van der Waals surface area contributed by atoms with E-state index in [-0.39, 0.29) is 0 Å². The molecule has 0 bridgehead atoms. The molecule has 0 saturated heterocycles. The lowest BCUT2D eigenvalue weighted by Gasteiger charge is -2.06. The molecule has 86 valence electrons. The van der Waals surface area contributed by atoms with Gasteiger partial charge in [-0.25, -0.2) is 4.68 Å². The van der Waals surface area contributed by atoms with Crippen LogP contribution in [-0.2, 0) is 7.05 Å². The van der Waals surface area contributed by atoms with Crippen molar-refractivity contribution in [1.82, 2.24) is 15.0 Å². The van der Waals surface area contributed by atoms with Crippen molar-refractivity contribution in [3.8, 4) is 0 Å². The highest BCUT2D eigenvalue weighted by Gasteiger charge is 2.11. The van der Waals surface area contributed by atoms with Gasteiger partial charge in [-0.3, -0.25) is 0 Å². The lowest BCUT2D eigenvalue weighted by Crippen LogP contribution is -1.90. The summed E-state index contributed by atoms with van der Waals surface area (Å²) in [5.74, 6) is 0. The minimum atomic E-state index is 0.979. The van der Waals surface area contributed by atoms with E-state index in [4.69, 9.17) is 0 Å². The second-order valence-corrected chi connectivity index (χ2v) is 4.50. The van der Waals surface area contributed by atoms with Crippen LogP contribution in [0.25, 0.3) is 32.6 Å². The molecule has 3 heteroatoms. The molecule has 1 heterocycles. The van der Waals surface area contributed by atoms with Gasteiger partial charge in [-0.2, -0.15) is 0 Å². The molecule has 0 aliphatic heterocycles. The smallest absolute Gasteiger partial charge is 0.121 e. The summed E-state index contributed by atoms with van der Waals surface area (Å²) < 4.78 is 1.85. The fourth-order valence-corrected chi connectivity index (χ4v) is 2.69. The summed E-state index contributed by atoms with van der Waals surface area (Å²) in [4.78, 5) is 0. The first kappa shape index (κ1) is 9.59. The Morgan fingerprint density at radius 2 is 1.33 bits per heavy atom. The van der Waals surface area contributed by atoms with Gasteiger partial charge in [0.05, 0.1) is 5.52 Å². The van der Waals surface area contributed by atoms with Crippen molar-refractivity contribution in [3.63, 3.8) is 0 Å². The molecule has 0 saturated carbocycles. The maximum Gasteiger partial charge on any atom is 0.121 e. The van der Waals surface area contributed by atoms with E-state index in [0.717, 1.165) is 11.0 Å². The van der Waals surface area contributed by atoms with Crippen LogP contribution >= 0.6 is 0 Å². The summed E-state index contributed by atoms with van der Waals surface area (Å²) in [5, 5.41) is 13.3. The first-order valence-corrected chi connectivity index (χ1v) is 5.95. The zero-order valence-corrected chi connectivity index (χ0v) is 9.96. The van der Waals surface area contributed by atoms with Crippen molar-refractivity contribution >= 4 is 32.6 Å². The van der Waals surface area contributed by atoms with Crippen LogP contribution in [0.15, 0.2) is 48.5 Å². The number of hydrogen-bond acceptors (Lipinski definition) is 2. The number of benzene rings is 3. The molecular weight excluding hydrogens is 222 g/mol. The van der Waals surface area contributed by atoms with Crippen molar-refractivity contribution in [2.24, 2.45) is 7.05 Å². The van der Waals surface area contributed by atoms with E-state index in [9.17, 15) is 0 Å². The molecular formula is C15H11N3. The predicted octanol–water partition coefficient (Wildman–Crippen LogP) is 3.27. The standard InChI is InChI=1S/C15H11N3/c1-18-15-13-9-5-3-7-11(13)10-6-2-4-8-12(10)14(15)16-17-18/h2-9H,1H3. The van der Waals surface area contributed by atoms with Gasteiger partial charge in [0.1, 0.15) is 5.52 Å². The van der Waals surface area contributed by atoms with E-state index >= 15 is 0 Å². The summed E-state index contributed by atoms with van der Waals surface area (Å²) in [6.45, 7) is 0. The highest BCUT2D eigenvalue weighted by Crippen LogP contribution is 2.32. The molecule has 4 rings (SSSR count). The molecule has 0 unspecified atom stereocenters. The Labute approximate surface area is 104 Å². The summed E-state index contributed by atoms with van der Waals surface area (Å²) in [6, 6.07) is 16.8. The van der Waals surface area contributed by atoms with E-state index in [0.29, 0.717) is 0 Å². The third-order valence-electron chi connectivity index (χ3n) is 3.48. The van der Waals surface area contributed by atoms with Crippen LogP contribution in [0.2, 0.25) is 0 Å². The Morgan fingerprint density at radius 1 is 0.778 bits per heavy atom. The van der Waals surface area contributed by atoms with E-state index in [1.54, 1.807) is 0 Å². The molecule has 0 aliphatic carbocycles. The van der Waals surface area contributed by atoms with Crippen LogP contribution in [0, 0.1) is 0 Å². The summed E-state index contributed by atoms with van der Waals surface area (Å²) >= 11 is 0. The van der Waals surface area contributed by atoms with Crippen LogP contribution < -0.4 is 0 Å². The van der Waals surface area contributed by atoms with Gasteiger partial charge < -0.3 is 0 Å². The van der Waals surface area contributed by atoms with Gasteiger partial charge in [0, 0.05) is 17.8 Å². The third-order valence-corrected chi connectivity index (χ3v) is 3.48. The summed E-state index contributed by atoms with van der Waals surface area (Å²) in [6.07, 6.45) is 0. The van der Waals surface area contributed by atoms with Crippen molar-refractivity contribution in [2.45, 2.75) is 0 Å². The number of fused-ring (bicyclic) bond motifs is 6. The topological polar surface area (TPSA) is 30.7 Å². The SMILES string of the molecule is Cn1nnc2c3ccccc3c3ccccc3c21. The van der Waals surface area contributed by atoms with E-state index in [2.05, 4.69) is 52.8 Å². The largest absolute Gasteiger partial charge is 0.247 e. The predicted molar refractivity (Wildman–Crippen MR) is 73.5 cm³/mol. The average molecular weight is 233 g/mol. The highest BCUT2D eigenvalue weighted by molar-refractivity contribution is 6.22. The first-order valence-electron chi connectivity index (χ1n) is 5.95. The Hall–Kier alpha value is -2.42. The Kier molecular flexibility index (Phi) is 1.75. The molecule has 0 spiro atoms. The zero-order chi connectivity index (χ0) is 12.1. The summed E-state index contributed by atoms with van der Waals surface area (Å²) in [7, 11) is 1.94. The average Bonchev–Trinajstić information content (AvgIpc) is 2.82. The van der Waals surface area contributed by atoms with Gasteiger partial charge in [-0.05, 0) is 10.8 Å². The van der Waals surface area contributed by atoms with Gasteiger partial charge in [-0.1, -0.05) is 53.7 Å². The molecule has 0 aliphatic rings. The highest BCUT2D eigenvalue weighted by atomic mass is 15.4. The van der Waals surface area contributed by atoms with Crippen LogP contribution in [0.3, 0.4) is 0 Å². The van der Waals surface area contributed by atoms with Gasteiger partial charge in [0.25, 0.3) is 0 Å². The van der Waals surface area contributed by atoms with Crippen LogP contribution in [0.1, 0.15) is 0 Å². The van der Waals surface area contributed by atoms with Crippen molar-refractivity contribution in [3.05, 3.63) is 48.5 Å². The Morgan fingerprint density at radius 3 is 2.06 bits per heavy atom. The summed E-state index contributed by atoms with van der Waals surface area (Å²) in [5.41, 5.74) is 2.08. The van der Waals surface area contributed by atoms with Crippen LogP contribution in [0.4, 0.5) is 0 Å². The minimum absolute atomic E-state index is 0.979. The molecule has 3 nitrogen and oxygen atoms in total. The van der Waals surface area contributed by atoms with Crippen molar-refractivity contribution in [2.75, 3.05) is 0 Å². The zero-order valence-electron chi connectivity index (χ0n) is 9.96. The second kappa shape index (κ2) is 3.29. The number of nitrogens with zero attached hydrogens (tertiary/aromatic N) is 3. The molecule has 0 atom stereocenters. The van der Waals surface area contributed by atoms with E-state index < -0.39 is 0 Å². The lowest BCUT2D eigenvalue weighted by molar-refractivity contribution is 0.738. The van der Waals surface area contributed by atoms with E-state index in [1.807, 2.05) is 17.8 Å². The maximum atomic E-state index is 4.31. The molecule has 0 radical (unpaired) electrons. The molecule has 18 heavy (non-hydrogen) atoms. The van der Waals surface area contributed by atoms with Crippen LogP contribution in [-0.4, -0.2) is 15.0 Å². The van der Waals surface area contributed by atoms with Gasteiger partial charge in [-0.15, -0.1) is 5.10 Å². The Balaban J connectivity index is 2.48. The second-order valence-electron chi connectivity index (χ2n) is 4.50. The fraction of sp³-hybridized carbons (Fsp3) is 0.0667. The molecule has 3 aromatic carbocycles. The van der Waals surface area contributed by atoms with Crippen molar-refractivity contribution < 1.29 is 0 Å². The van der Waals surface area contributed by atoms with Gasteiger partial charge in [0.2, 0.25) is 0 Å². The fourth-order valence-electron chi connectivity index (χ4n) is 2.69. The number of rotatable bonds is 0. The Bertz CT molecular complexity index is 890. The molecule has 1 aromatic heterocycles.